The minimum Gasteiger partial charge on any atom is -0.211 e. The molecule has 2 rings (SSSR count). The maximum absolute atomic E-state index is 10.4. The Bertz CT molecular complexity index is 580. The molecule has 1 aliphatic carbocycles. The van der Waals surface area contributed by atoms with E-state index in [4.69, 9.17) is 0 Å². The van der Waals surface area contributed by atoms with Crippen molar-refractivity contribution in [3.05, 3.63) is 28.8 Å². The zero-order chi connectivity index (χ0) is 15.2. The molecule has 21 heavy (non-hydrogen) atoms. The average molecular weight is 284 g/mol. The van der Waals surface area contributed by atoms with Gasteiger partial charge in [-0.2, -0.15) is 4.99 Å². The Kier molecular flexibility index (Phi) is 5.21. The Balaban J connectivity index is 2.07. The lowest BCUT2D eigenvalue weighted by molar-refractivity contribution is 0.325. The van der Waals surface area contributed by atoms with E-state index >= 15 is 0 Å². The maximum Gasteiger partial charge on any atom is 0.240 e. The molecule has 1 aromatic rings. The van der Waals surface area contributed by atoms with Crippen LogP contribution in [-0.4, -0.2) is 18.2 Å². The van der Waals surface area contributed by atoms with Crippen LogP contribution in [0.3, 0.4) is 0 Å². The van der Waals surface area contributed by atoms with Crippen molar-refractivity contribution in [1.82, 2.24) is 0 Å². The minimum atomic E-state index is 0.172. The highest BCUT2D eigenvalue weighted by Gasteiger charge is 2.22. The van der Waals surface area contributed by atoms with E-state index in [0.717, 1.165) is 32.1 Å². The first-order chi connectivity index (χ1) is 10.1. The van der Waals surface area contributed by atoms with E-state index in [9.17, 15) is 9.59 Å². The molecular formula is C17H20N2O2. The van der Waals surface area contributed by atoms with E-state index in [1.165, 1.54) is 16.7 Å². The van der Waals surface area contributed by atoms with E-state index in [-0.39, 0.29) is 6.04 Å². The van der Waals surface area contributed by atoms with Gasteiger partial charge in [0.15, 0.2) is 0 Å². The average Bonchev–Trinajstić information content (AvgIpc) is 2.45. The molecule has 1 fully saturated rings. The molecular weight excluding hydrogens is 264 g/mol. The molecule has 0 N–H and O–H groups in total. The van der Waals surface area contributed by atoms with E-state index in [2.05, 4.69) is 23.8 Å². The summed E-state index contributed by atoms with van der Waals surface area (Å²) in [5.74, 6) is 0.640. The number of aryl methyl sites for hydroxylation is 2. The normalized spacial score (nSPS) is 21.2. The van der Waals surface area contributed by atoms with E-state index in [0.29, 0.717) is 11.6 Å². The summed E-state index contributed by atoms with van der Waals surface area (Å²) in [6.45, 7) is 4.13. The van der Waals surface area contributed by atoms with E-state index < -0.39 is 0 Å². The highest BCUT2D eigenvalue weighted by atomic mass is 16.1. The number of benzene rings is 1. The van der Waals surface area contributed by atoms with Gasteiger partial charge in [0.2, 0.25) is 12.2 Å². The van der Waals surface area contributed by atoms with Crippen LogP contribution >= 0.6 is 0 Å². The SMILES string of the molecule is Cc1cc(N=C=O)cc(C)c1CC1CCC(N=C=O)CC1. The van der Waals surface area contributed by atoms with Crippen molar-refractivity contribution in [2.24, 2.45) is 15.9 Å². The van der Waals surface area contributed by atoms with E-state index in [1.54, 1.807) is 12.2 Å². The molecule has 4 heteroatoms. The number of carbonyl (C=O) groups excluding carboxylic acids is 2. The van der Waals surface area contributed by atoms with Gasteiger partial charge in [-0.25, -0.2) is 14.6 Å². The topological polar surface area (TPSA) is 58.9 Å². The third-order valence-corrected chi connectivity index (χ3v) is 4.40. The van der Waals surface area contributed by atoms with Gasteiger partial charge in [-0.3, -0.25) is 0 Å². The molecule has 0 spiro atoms. The summed E-state index contributed by atoms with van der Waals surface area (Å²) in [5, 5.41) is 0. The van der Waals surface area contributed by atoms with Gasteiger partial charge in [0.25, 0.3) is 0 Å². The van der Waals surface area contributed by atoms with Gasteiger partial charge >= 0.3 is 0 Å². The minimum absolute atomic E-state index is 0.172. The summed E-state index contributed by atoms with van der Waals surface area (Å²) in [6.07, 6.45) is 8.46. The second-order valence-corrected chi connectivity index (χ2v) is 5.86. The summed E-state index contributed by atoms with van der Waals surface area (Å²) in [5.41, 5.74) is 4.38. The number of hydrogen-bond acceptors (Lipinski definition) is 4. The Hall–Kier alpha value is -2.02. The van der Waals surface area contributed by atoms with Crippen molar-refractivity contribution in [2.75, 3.05) is 0 Å². The number of nitrogens with zero attached hydrogens (tertiary/aromatic N) is 2. The van der Waals surface area contributed by atoms with Crippen LogP contribution in [0.15, 0.2) is 22.1 Å². The number of aliphatic imine (C=N–C) groups is 2. The second kappa shape index (κ2) is 7.12. The van der Waals surface area contributed by atoms with Gasteiger partial charge in [-0.15, -0.1) is 0 Å². The molecule has 110 valence electrons. The third kappa shape index (κ3) is 3.98. The van der Waals surface area contributed by atoms with Gasteiger partial charge < -0.3 is 0 Å². The van der Waals surface area contributed by atoms with Crippen LogP contribution in [0.1, 0.15) is 42.4 Å². The molecule has 0 aliphatic heterocycles. The number of hydrogen-bond donors (Lipinski definition) is 0. The van der Waals surface area contributed by atoms with Crippen molar-refractivity contribution in [3.8, 4) is 0 Å². The summed E-state index contributed by atoms with van der Waals surface area (Å²) in [6, 6.07) is 4.05. The van der Waals surface area contributed by atoms with Gasteiger partial charge in [-0.05, 0) is 80.7 Å². The molecule has 0 atom stereocenters. The van der Waals surface area contributed by atoms with Crippen molar-refractivity contribution in [1.29, 1.82) is 0 Å². The number of isocyanates is 2. The van der Waals surface area contributed by atoms with Gasteiger partial charge in [0.05, 0.1) is 11.7 Å². The summed E-state index contributed by atoms with van der Waals surface area (Å²) < 4.78 is 0. The molecule has 0 amide bonds. The summed E-state index contributed by atoms with van der Waals surface area (Å²) in [7, 11) is 0. The Morgan fingerprint density at radius 1 is 1.05 bits per heavy atom. The molecule has 0 heterocycles. The van der Waals surface area contributed by atoms with Crippen molar-refractivity contribution < 1.29 is 9.59 Å². The molecule has 4 nitrogen and oxygen atoms in total. The molecule has 0 radical (unpaired) electrons. The predicted octanol–water partition coefficient (Wildman–Crippen LogP) is 3.71. The lowest BCUT2D eigenvalue weighted by atomic mass is 9.81. The van der Waals surface area contributed by atoms with Crippen LogP contribution in [0, 0.1) is 19.8 Å². The number of rotatable bonds is 4. The highest BCUT2D eigenvalue weighted by Crippen LogP contribution is 2.31. The van der Waals surface area contributed by atoms with Crippen LogP contribution in [-0.2, 0) is 16.0 Å². The first-order valence-electron chi connectivity index (χ1n) is 7.39. The fraction of sp³-hybridized carbons (Fsp3) is 0.529. The van der Waals surface area contributed by atoms with Crippen LogP contribution in [0.5, 0.6) is 0 Å². The summed E-state index contributed by atoms with van der Waals surface area (Å²) in [4.78, 5) is 28.2. The monoisotopic (exact) mass is 284 g/mol. The Morgan fingerprint density at radius 3 is 2.19 bits per heavy atom. The Morgan fingerprint density at radius 2 is 1.67 bits per heavy atom. The Labute approximate surface area is 125 Å². The van der Waals surface area contributed by atoms with Crippen LogP contribution in [0.2, 0.25) is 0 Å². The first kappa shape index (κ1) is 15.4. The van der Waals surface area contributed by atoms with Gasteiger partial charge in [0, 0.05) is 0 Å². The zero-order valence-corrected chi connectivity index (χ0v) is 12.6. The van der Waals surface area contributed by atoms with Crippen molar-refractivity contribution in [2.45, 2.75) is 52.0 Å². The molecule has 0 bridgehead atoms. The fourth-order valence-electron chi connectivity index (χ4n) is 3.25. The third-order valence-electron chi connectivity index (χ3n) is 4.40. The molecule has 0 unspecified atom stereocenters. The lowest BCUT2D eigenvalue weighted by Gasteiger charge is -2.26. The zero-order valence-electron chi connectivity index (χ0n) is 12.6. The molecule has 1 aliphatic rings. The second-order valence-electron chi connectivity index (χ2n) is 5.86. The quantitative estimate of drug-likeness (QED) is 0.625. The highest BCUT2D eigenvalue weighted by molar-refractivity contribution is 5.54. The maximum atomic E-state index is 10.4. The van der Waals surface area contributed by atoms with Gasteiger partial charge in [-0.1, -0.05) is 0 Å². The molecule has 0 aromatic heterocycles. The van der Waals surface area contributed by atoms with Crippen LogP contribution in [0.4, 0.5) is 5.69 Å². The van der Waals surface area contributed by atoms with Crippen LogP contribution < -0.4 is 0 Å². The first-order valence-corrected chi connectivity index (χ1v) is 7.39. The van der Waals surface area contributed by atoms with Crippen molar-refractivity contribution in [3.63, 3.8) is 0 Å². The van der Waals surface area contributed by atoms with Crippen LogP contribution in [0.25, 0.3) is 0 Å². The molecule has 1 aromatic carbocycles. The van der Waals surface area contributed by atoms with Gasteiger partial charge in [0.1, 0.15) is 0 Å². The molecule has 1 saturated carbocycles. The largest absolute Gasteiger partial charge is 0.240 e. The van der Waals surface area contributed by atoms with E-state index in [1.807, 2.05) is 12.1 Å². The smallest absolute Gasteiger partial charge is 0.211 e. The fourth-order valence-corrected chi connectivity index (χ4v) is 3.25. The van der Waals surface area contributed by atoms with Crippen molar-refractivity contribution >= 4 is 17.8 Å². The molecule has 0 saturated heterocycles. The standard InChI is InChI=1S/C17H20N2O2/c1-12-7-16(19-11-21)8-13(2)17(12)9-14-3-5-15(6-4-14)18-10-20/h7-8,14-15H,3-6,9H2,1-2H3. The predicted molar refractivity (Wildman–Crippen MR) is 81.3 cm³/mol. The summed E-state index contributed by atoms with van der Waals surface area (Å²) >= 11 is 0. The lowest BCUT2D eigenvalue weighted by Crippen LogP contribution is -2.19.